The second-order valence-electron chi connectivity index (χ2n) is 7.63. The van der Waals surface area contributed by atoms with Crippen LogP contribution in [0.3, 0.4) is 0 Å². The lowest BCUT2D eigenvalue weighted by atomic mass is 10.0. The summed E-state index contributed by atoms with van der Waals surface area (Å²) in [4.78, 5) is 28.1. The minimum absolute atomic E-state index is 0.105. The molecule has 2 amide bonds. The summed E-state index contributed by atoms with van der Waals surface area (Å²) < 4.78 is 19.2. The van der Waals surface area contributed by atoms with Crippen molar-refractivity contribution in [1.82, 2.24) is 0 Å². The van der Waals surface area contributed by atoms with Crippen molar-refractivity contribution < 1.29 is 18.7 Å². The van der Waals surface area contributed by atoms with Crippen molar-refractivity contribution in [3.8, 4) is 5.75 Å². The smallest absolute Gasteiger partial charge is 0.282 e. The molecule has 0 spiro atoms. The van der Waals surface area contributed by atoms with E-state index in [2.05, 4.69) is 5.32 Å². The average molecular weight is 465 g/mol. The van der Waals surface area contributed by atoms with Crippen LogP contribution in [0, 0.1) is 12.7 Å². The summed E-state index contributed by atoms with van der Waals surface area (Å²) >= 11 is 6.06. The third kappa shape index (κ3) is 4.61. The number of hydrogen-bond acceptors (Lipinski definition) is 4. The Kier molecular flexibility index (Phi) is 6.47. The maximum absolute atomic E-state index is 13.5. The summed E-state index contributed by atoms with van der Waals surface area (Å²) in [5.41, 5.74) is 2.41. The van der Waals surface area contributed by atoms with Crippen LogP contribution >= 0.6 is 11.6 Å². The van der Waals surface area contributed by atoms with E-state index in [-0.39, 0.29) is 11.3 Å². The summed E-state index contributed by atoms with van der Waals surface area (Å²) in [7, 11) is 0. The number of hydrogen-bond donors (Lipinski definition) is 1. The molecule has 0 radical (unpaired) electrons. The van der Waals surface area contributed by atoms with Crippen LogP contribution in [0.4, 0.5) is 15.8 Å². The molecule has 0 fully saturated rings. The molecule has 7 heteroatoms. The van der Waals surface area contributed by atoms with Crippen molar-refractivity contribution in [3.05, 3.63) is 94.4 Å². The molecule has 4 rings (SSSR count). The molecule has 0 bridgehead atoms. The van der Waals surface area contributed by atoms with Gasteiger partial charge in [0.25, 0.3) is 11.8 Å². The van der Waals surface area contributed by atoms with Gasteiger partial charge in [0.2, 0.25) is 0 Å². The Balaban J connectivity index is 1.78. The van der Waals surface area contributed by atoms with Crippen molar-refractivity contribution in [1.29, 1.82) is 0 Å². The first kappa shape index (κ1) is 22.6. The van der Waals surface area contributed by atoms with E-state index in [1.165, 1.54) is 24.3 Å². The monoisotopic (exact) mass is 464 g/mol. The molecule has 0 aromatic heterocycles. The highest BCUT2D eigenvalue weighted by atomic mass is 35.5. The zero-order chi connectivity index (χ0) is 23.5. The molecular formula is C26H22ClFN2O3. The van der Waals surface area contributed by atoms with Crippen LogP contribution < -0.4 is 15.0 Å². The molecule has 3 aromatic rings. The molecule has 1 aliphatic heterocycles. The number of nitrogens with zero attached hydrogens (tertiary/aromatic N) is 1. The van der Waals surface area contributed by atoms with Gasteiger partial charge in [0.15, 0.2) is 0 Å². The lowest BCUT2D eigenvalue weighted by molar-refractivity contribution is -0.120. The average Bonchev–Trinajstić information content (AvgIpc) is 3.03. The first-order valence-electron chi connectivity index (χ1n) is 10.5. The number of halogens is 2. The van der Waals surface area contributed by atoms with E-state index < -0.39 is 17.6 Å². The zero-order valence-electron chi connectivity index (χ0n) is 18.2. The van der Waals surface area contributed by atoms with Gasteiger partial charge in [0.05, 0.1) is 17.9 Å². The lowest BCUT2D eigenvalue weighted by Gasteiger charge is -2.18. The van der Waals surface area contributed by atoms with Gasteiger partial charge >= 0.3 is 0 Å². The van der Waals surface area contributed by atoms with Crippen LogP contribution in [0.25, 0.3) is 5.57 Å². The van der Waals surface area contributed by atoms with Gasteiger partial charge in [-0.1, -0.05) is 36.7 Å². The molecule has 0 saturated carbocycles. The van der Waals surface area contributed by atoms with Gasteiger partial charge in [-0.15, -0.1) is 0 Å². The van der Waals surface area contributed by atoms with Crippen LogP contribution in [-0.4, -0.2) is 18.4 Å². The highest BCUT2D eigenvalue weighted by Gasteiger charge is 2.40. The molecule has 0 aliphatic carbocycles. The number of aryl methyl sites for hydroxylation is 1. The van der Waals surface area contributed by atoms with E-state index in [1.807, 2.05) is 13.0 Å². The molecule has 1 N–H and O–H groups in total. The number of anilines is 2. The zero-order valence-corrected chi connectivity index (χ0v) is 18.9. The van der Waals surface area contributed by atoms with Crippen molar-refractivity contribution >= 4 is 40.4 Å². The molecule has 5 nitrogen and oxygen atoms in total. The number of rotatable bonds is 7. The van der Waals surface area contributed by atoms with Crippen LogP contribution in [0.5, 0.6) is 5.75 Å². The van der Waals surface area contributed by atoms with Crippen LogP contribution in [0.15, 0.2) is 72.4 Å². The van der Waals surface area contributed by atoms with Crippen LogP contribution in [0.1, 0.15) is 24.5 Å². The van der Waals surface area contributed by atoms with Crippen molar-refractivity contribution in [3.63, 3.8) is 0 Å². The first-order valence-corrected chi connectivity index (χ1v) is 10.9. The van der Waals surface area contributed by atoms with Crippen LogP contribution in [-0.2, 0) is 9.59 Å². The largest absolute Gasteiger partial charge is 0.494 e. The number of nitrogens with one attached hydrogen (secondary N) is 1. The summed E-state index contributed by atoms with van der Waals surface area (Å²) in [6, 6.07) is 17.6. The Labute approximate surface area is 196 Å². The standard InChI is InChI=1S/C26H22ClFN2O3/c1-3-13-33-21-6-4-5-20(15-21)29-24-23(17-7-10-19(28)11-8-17)25(31)30(26(24)32)22-12-9-18(27)14-16(22)2/h4-12,14-15,29H,3,13H2,1-2H3. The second kappa shape index (κ2) is 9.46. The van der Waals surface area contributed by atoms with E-state index in [0.717, 1.165) is 11.3 Å². The van der Waals surface area contributed by atoms with Gasteiger partial charge in [-0.3, -0.25) is 9.59 Å². The van der Waals surface area contributed by atoms with E-state index in [4.69, 9.17) is 16.3 Å². The minimum Gasteiger partial charge on any atom is -0.494 e. The first-order chi connectivity index (χ1) is 15.9. The van der Waals surface area contributed by atoms with Gasteiger partial charge in [-0.2, -0.15) is 0 Å². The molecule has 3 aromatic carbocycles. The number of benzene rings is 3. The molecule has 0 saturated heterocycles. The van der Waals surface area contributed by atoms with Gasteiger partial charge in [0.1, 0.15) is 17.3 Å². The van der Waals surface area contributed by atoms with Crippen molar-refractivity contribution in [2.45, 2.75) is 20.3 Å². The maximum Gasteiger partial charge on any atom is 0.282 e. The number of ether oxygens (including phenoxy) is 1. The summed E-state index contributed by atoms with van der Waals surface area (Å²) in [6.45, 7) is 4.35. The Morgan fingerprint density at radius 3 is 2.45 bits per heavy atom. The highest BCUT2D eigenvalue weighted by molar-refractivity contribution is 6.46. The molecule has 0 unspecified atom stereocenters. The molecule has 168 valence electrons. The van der Waals surface area contributed by atoms with Gasteiger partial charge < -0.3 is 10.1 Å². The fraction of sp³-hybridized carbons (Fsp3) is 0.154. The van der Waals surface area contributed by atoms with Gasteiger partial charge in [-0.25, -0.2) is 9.29 Å². The van der Waals surface area contributed by atoms with Crippen molar-refractivity contribution in [2.24, 2.45) is 0 Å². The maximum atomic E-state index is 13.5. The van der Waals surface area contributed by atoms with Crippen molar-refractivity contribution in [2.75, 3.05) is 16.8 Å². The Bertz CT molecular complexity index is 1250. The normalized spacial score (nSPS) is 13.6. The summed E-state index contributed by atoms with van der Waals surface area (Å²) in [5.74, 6) is -0.799. The lowest BCUT2D eigenvalue weighted by Crippen LogP contribution is -2.33. The van der Waals surface area contributed by atoms with E-state index >= 15 is 0 Å². The third-order valence-electron chi connectivity index (χ3n) is 5.19. The van der Waals surface area contributed by atoms with Gasteiger partial charge in [0, 0.05) is 16.8 Å². The van der Waals surface area contributed by atoms with E-state index in [9.17, 15) is 14.0 Å². The second-order valence-corrected chi connectivity index (χ2v) is 8.07. The number of amides is 2. The SMILES string of the molecule is CCCOc1cccc(NC2=C(c3ccc(F)cc3)C(=O)N(c3ccc(Cl)cc3C)C2=O)c1. The molecule has 1 heterocycles. The molecule has 33 heavy (non-hydrogen) atoms. The summed E-state index contributed by atoms with van der Waals surface area (Å²) in [6.07, 6.45) is 0.861. The number of imide groups is 1. The quantitative estimate of drug-likeness (QED) is 0.437. The number of carbonyl (C=O) groups is 2. The predicted molar refractivity (Wildman–Crippen MR) is 128 cm³/mol. The predicted octanol–water partition coefficient (Wildman–Crippen LogP) is 5.97. The van der Waals surface area contributed by atoms with Crippen LogP contribution in [0.2, 0.25) is 5.02 Å². The number of carbonyl (C=O) groups excluding carboxylic acids is 2. The Morgan fingerprint density at radius 1 is 1.00 bits per heavy atom. The summed E-state index contributed by atoms with van der Waals surface area (Å²) in [5, 5.41) is 3.60. The van der Waals surface area contributed by atoms with Gasteiger partial charge in [-0.05, 0) is 66.9 Å². The fourth-order valence-corrected chi connectivity index (χ4v) is 3.87. The Morgan fingerprint density at radius 2 is 1.76 bits per heavy atom. The van der Waals surface area contributed by atoms with E-state index in [1.54, 1.807) is 43.3 Å². The Hall–Kier alpha value is -3.64. The fourth-order valence-electron chi connectivity index (χ4n) is 3.65. The highest BCUT2D eigenvalue weighted by Crippen LogP contribution is 2.36. The molecule has 0 atom stereocenters. The molecular weight excluding hydrogens is 443 g/mol. The minimum atomic E-state index is -0.510. The molecule has 1 aliphatic rings. The van der Waals surface area contributed by atoms with E-state index in [0.29, 0.717) is 39.9 Å². The third-order valence-corrected chi connectivity index (χ3v) is 5.43. The topological polar surface area (TPSA) is 58.6 Å².